The number of nitrogens with zero attached hydrogens (tertiary/aromatic N) is 4. The van der Waals surface area contributed by atoms with Crippen LogP contribution in [0.25, 0.3) is 5.69 Å². The summed E-state index contributed by atoms with van der Waals surface area (Å²) in [7, 11) is 0. The third-order valence-electron chi connectivity index (χ3n) is 6.75. The molecule has 0 unspecified atom stereocenters. The van der Waals surface area contributed by atoms with Crippen molar-refractivity contribution < 1.29 is 4.92 Å². The van der Waals surface area contributed by atoms with Gasteiger partial charge in [-0.15, -0.1) is 0 Å². The van der Waals surface area contributed by atoms with Gasteiger partial charge in [-0.05, 0) is 91.1 Å². The maximum absolute atomic E-state index is 11.0. The van der Waals surface area contributed by atoms with Crippen molar-refractivity contribution in [2.75, 3.05) is 4.90 Å². The van der Waals surface area contributed by atoms with Crippen molar-refractivity contribution in [2.45, 2.75) is 21.9 Å². The molecule has 1 saturated heterocycles. The van der Waals surface area contributed by atoms with Crippen molar-refractivity contribution in [3.05, 3.63) is 141 Å². The normalized spacial score (nSPS) is 16.5. The summed E-state index contributed by atoms with van der Waals surface area (Å²) in [4.78, 5) is 19.2. The van der Waals surface area contributed by atoms with E-state index in [1.807, 2.05) is 66.9 Å². The van der Waals surface area contributed by atoms with Crippen LogP contribution >= 0.6 is 47.2 Å². The van der Waals surface area contributed by atoms with Crippen LogP contribution in [0.1, 0.15) is 23.5 Å². The van der Waals surface area contributed by atoms with Crippen LogP contribution in [0, 0.1) is 10.1 Å². The highest BCUT2D eigenvalue weighted by molar-refractivity contribution is 7.99. The lowest BCUT2D eigenvalue weighted by atomic mass is 10.0. The Morgan fingerprint density at radius 2 is 1.66 bits per heavy atom. The zero-order valence-electron chi connectivity index (χ0n) is 21.2. The second-order valence-electron chi connectivity index (χ2n) is 9.24. The van der Waals surface area contributed by atoms with E-state index in [1.54, 1.807) is 24.4 Å². The molecule has 1 N–H and O–H groups in total. The first-order valence-electron chi connectivity index (χ1n) is 12.5. The number of nitrogens with one attached hydrogen (secondary N) is 1. The van der Waals surface area contributed by atoms with E-state index >= 15 is 0 Å². The Kier molecular flexibility index (Phi) is 7.68. The number of rotatable bonds is 7. The molecule has 0 bridgehead atoms. The quantitative estimate of drug-likeness (QED) is 0.112. The van der Waals surface area contributed by atoms with E-state index in [9.17, 15) is 10.1 Å². The SMILES string of the molecule is O=[N+]([O-])c1ccc(Sc2ccc(N3C(=S)N[C@@H](c4ccccn4)[C@@H]3c3cccn3-c3ccc(Cl)cc3Cl)cc2)cc1. The van der Waals surface area contributed by atoms with Crippen LogP contribution < -0.4 is 10.2 Å². The van der Waals surface area contributed by atoms with E-state index in [1.165, 1.54) is 23.9 Å². The highest BCUT2D eigenvalue weighted by atomic mass is 35.5. The van der Waals surface area contributed by atoms with E-state index in [2.05, 4.69) is 25.8 Å². The highest BCUT2D eigenvalue weighted by Crippen LogP contribution is 2.43. The Morgan fingerprint density at radius 1 is 0.927 bits per heavy atom. The van der Waals surface area contributed by atoms with E-state index in [0.29, 0.717) is 15.2 Å². The van der Waals surface area contributed by atoms with Gasteiger partial charge >= 0.3 is 0 Å². The molecule has 3 heterocycles. The number of pyridine rings is 1. The minimum absolute atomic E-state index is 0.0675. The number of non-ortho nitro benzene ring substituents is 1. The largest absolute Gasteiger partial charge is 0.351 e. The summed E-state index contributed by atoms with van der Waals surface area (Å²) in [6, 6.07) is 29.5. The highest BCUT2D eigenvalue weighted by Gasteiger charge is 2.42. The standard InChI is InChI=1S/C30H21Cl2N5O2S2/c31-19-6-15-26(24(32)18-19)35-17-3-5-27(35)29-28(25-4-1-2-16-33-25)34-30(40)36(29)20-7-11-22(12-8-20)41-23-13-9-21(10-14-23)37(38)39/h1-18,28-29H,(H,34,40)/t28-,29-/m0/s1. The van der Waals surface area contributed by atoms with Gasteiger partial charge < -0.3 is 14.8 Å². The minimum atomic E-state index is -0.401. The summed E-state index contributed by atoms with van der Waals surface area (Å²) < 4.78 is 2.06. The predicted octanol–water partition coefficient (Wildman–Crippen LogP) is 8.42. The van der Waals surface area contributed by atoms with Gasteiger partial charge in [-0.1, -0.05) is 41.0 Å². The van der Waals surface area contributed by atoms with Crippen LogP contribution in [0.5, 0.6) is 0 Å². The van der Waals surface area contributed by atoms with Gasteiger partial charge in [0.25, 0.3) is 5.69 Å². The van der Waals surface area contributed by atoms with Gasteiger partial charge in [-0.2, -0.15) is 0 Å². The molecule has 41 heavy (non-hydrogen) atoms. The lowest BCUT2D eigenvalue weighted by molar-refractivity contribution is -0.384. The fourth-order valence-corrected chi connectivity index (χ4v) is 6.57. The minimum Gasteiger partial charge on any atom is -0.351 e. The number of hydrogen-bond donors (Lipinski definition) is 1. The molecule has 0 spiro atoms. The van der Waals surface area contributed by atoms with Gasteiger partial charge in [0.1, 0.15) is 6.04 Å². The van der Waals surface area contributed by atoms with E-state index in [4.69, 9.17) is 35.4 Å². The number of halogens is 2. The van der Waals surface area contributed by atoms with Crippen LogP contribution in [0.15, 0.2) is 119 Å². The van der Waals surface area contributed by atoms with Gasteiger partial charge in [0, 0.05) is 50.7 Å². The molecule has 204 valence electrons. The van der Waals surface area contributed by atoms with Gasteiger partial charge in [0.15, 0.2) is 5.11 Å². The zero-order chi connectivity index (χ0) is 28.5. The Balaban J connectivity index is 1.37. The van der Waals surface area contributed by atoms with Gasteiger partial charge in [0.05, 0.1) is 27.4 Å². The molecule has 1 fully saturated rings. The first kappa shape index (κ1) is 27.3. The fraction of sp³-hybridized carbons (Fsp3) is 0.0667. The molecule has 7 nitrogen and oxygen atoms in total. The Hall–Kier alpha value is -3.89. The Morgan fingerprint density at radius 3 is 2.32 bits per heavy atom. The first-order chi connectivity index (χ1) is 19.9. The average Bonchev–Trinajstić information content (AvgIpc) is 3.58. The molecule has 11 heteroatoms. The predicted molar refractivity (Wildman–Crippen MR) is 167 cm³/mol. The summed E-state index contributed by atoms with van der Waals surface area (Å²) in [5.74, 6) is 0. The molecule has 0 saturated carbocycles. The van der Waals surface area contributed by atoms with Crippen LogP contribution in [-0.4, -0.2) is 19.6 Å². The number of hydrogen-bond acceptors (Lipinski definition) is 5. The van der Waals surface area contributed by atoms with Crippen molar-refractivity contribution in [3.63, 3.8) is 0 Å². The summed E-state index contributed by atoms with van der Waals surface area (Å²) in [6.45, 7) is 0. The molecule has 0 radical (unpaired) electrons. The molecule has 5 aromatic rings. The van der Waals surface area contributed by atoms with Gasteiger partial charge in [0.2, 0.25) is 0 Å². The molecule has 0 amide bonds. The lowest BCUT2D eigenvalue weighted by Crippen LogP contribution is -2.30. The number of nitro groups is 1. The maximum Gasteiger partial charge on any atom is 0.269 e. The smallest absolute Gasteiger partial charge is 0.269 e. The van der Waals surface area contributed by atoms with Gasteiger partial charge in [-0.25, -0.2) is 0 Å². The summed E-state index contributed by atoms with van der Waals surface area (Å²) in [5.41, 5.74) is 3.62. The Bertz CT molecular complexity index is 1730. The molecule has 2 aromatic heterocycles. The number of aromatic nitrogens is 2. The second kappa shape index (κ2) is 11.5. The summed E-state index contributed by atoms with van der Waals surface area (Å²) in [5, 5.41) is 16.2. The van der Waals surface area contributed by atoms with Crippen molar-refractivity contribution in [2.24, 2.45) is 0 Å². The third kappa shape index (κ3) is 5.54. The van der Waals surface area contributed by atoms with Crippen LogP contribution in [-0.2, 0) is 0 Å². The molecule has 6 rings (SSSR count). The number of thiocarbonyl (C=S) groups is 1. The van der Waals surface area contributed by atoms with Crippen LogP contribution in [0.4, 0.5) is 11.4 Å². The van der Waals surface area contributed by atoms with Crippen molar-refractivity contribution >= 4 is 63.7 Å². The molecule has 1 aliphatic heterocycles. The molecule has 1 aliphatic rings. The second-order valence-corrected chi connectivity index (χ2v) is 11.6. The third-order valence-corrected chi connectivity index (χ3v) is 8.62. The summed E-state index contributed by atoms with van der Waals surface area (Å²) in [6.07, 6.45) is 3.75. The fourth-order valence-electron chi connectivity index (χ4n) is 4.91. The van der Waals surface area contributed by atoms with Crippen molar-refractivity contribution in [1.82, 2.24) is 14.9 Å². The number of nitro benzene ring substituents is 1. The number of anilines is 1. The van der Waals surface area contributed by atoms with E-state index in [0.717, 1.165) is 32.6 Å². The van der Waals surface area contributed by atoms with Crippen LogP contribution in [0.2, 0.25) is 10.0 Å². The van der Waals surface area contributed by atoms with Gasteiger partial charge in [-0.3, -0.25) is 15.1 Å². The molecular weight excluding hydrogens is 597 g/mol. The Labute approximate surface area is 255 Å². The van der Waals surface area contributed by atoms with E-state index < -0.39 is 4.92 Å². The number of benzene rings is 3. The van der Waals surface area contributed by atoms with Crippen molar-refractivity contribution in [3.8, 4) is 5.69 Å². The molecular formula is C30H21Cl2N5O2S2. The van der Waals surface area contributed by atoms with E-state index in [-0.39, 0.29) is 17.8 Å². The first-order valence-corrected chi connectivity index (χ1v) is 14.5. The topological polar surface area (TPSA) is 76.2 Å². The monoisotopic (exact) mass is 617 g/mol. The maximum atomic E-state index is 11.0. The average molecular weight is 619 g/mol. The molecule has 2 atom stereocenters. The zero-order valence-corrected chi connectivity index (χ0v) is 24.4. The van der Waals surface area contributed by atoms with Crippen LogP contribution in [0.3, 0.4) is 0 Å². The molecule has 0 aliphatic carbocycles. The summed E-state index contributed by atoms with van der Waals surface area (Å²) >= 11 is 20.3. The van der Waals surface area contributed by atoms with Crippen molar-refractivity contribution in [1.29, 1.82) is 0 Å². The molecule has 3 aromatic carbocycles. The lowest BCUT2D eigenvalue weighted by Gasteiger charge is -2.29.